The van der Waals surface area contributed by atoms with Crippen molar-refractivity contribution < 1.29 is 4.74 Å². The van der Waals surface area contributed by atoms with Gasteiger partial charge >= 0.3 is 0 Å². The number of rotatable bonds is 6. The molecular formula is C19H17N5O2S. The van der Waals surface area contributed by atoms with Gasteiger partial charge in [0.1, 0.15) is 10.8 Å². The first-order chi connectivity index (χ1) is 13.2. The van der Waals surface area contributed by atoms with E-state index in [2.05, 4.69) is 20.6 Å². The second-order valence-corrected chi connectivity index (χ2v) is 6.93. The molecule has 2 aromatic heterocycles. The number of hydrogen-bond donors (Lipinski definition) is 1. The van der Waals surface area contributed by atoms with E-state index >= 15 is 0 Å². The van der Waals surface area contributed by atoms with Gasteiger partial charge in [-0.25, -0.2) is 4.68 Å². The molecular weight excluding hydrogens is 362 g/mol. The molecule has 0 saturated carbocycles. The van der Waals surface area contributed by atoms with Gasteiger partial charge in [-0.15, -0.1) is 10.2 Å². The summed E-state index contributed by atoms with van der Waals surface area (Å²) in [5.74, 6) is 0.798. The van der Waals surface area contributed by atoms with Crippen LogP contribution in [0.1, 0.15) is 5.01 Å². The Labute approximate surface area is 159 Å². The second-order valence-electron chi connectivity index (χ2n) is 5.86. The molecule has 7 nitrogen and oxygen atoms in total. The smallest absolute Gasteiger partial charge is 0.274 e. The molecule has 2 aromatic carbocycles. The molecule has 0 unspecified atom stereocenters. The number of hydrogen-bond acceptors (Lipinski definition) is 7. The minimum atomic E-state index is -0.0887. The van der Waals surface area contributed by atoms with Gasteiger partial charge in [-0.1, -0.05) is 29.5 Å². The second kappa shape index (κ2) is 7.55. The van der Waals surface area contributed by atoms with Crippen LogP contribution < -0.4 is 15.6 Å². The molecule has 0 fully saturated rings. The summed E-state index contributed by atoms with van der Waals surface area (Å²) in [7, 11) is 1.63. The molecule has 0 aliphatic carbocycles. The number of benzene rings is 2. The van der Waals surface area contributed by atoms with E-state index in [-0.39, 0.29) is 5.56 Å². The number of ether oxygens (including phenoxy) is 1. The first-order valence-electron chi connectivity index (χ1n) is 8.41. The molecule has 0 amide bonds. The van der Waals surface area contributed by atoms with Crippen LogP contribution in [0.4, 0.5) is 10.8 Å². The molecule has 1 N–H and O–H groups in total. The third-order valence-electron chi connectivity index (χ3n) is 4.11. The maximum Gasteiger partial charge on any atom is 0.274 e. The van der Waals surface area contributed by atoms with Crippen molar-refractivity contribution in [3.05, 3.63) is 70.1 Å². The molecule has 0 spiro atoms. The van der Waals surface area contributed by atoms with Gasteiger partial charge in [0.25, 0.3) is 5.56 Å². The number of aryl methyl sites for hydroxylation is 2. The monoisotopic (exact) mass is 379 g/mol. The van der Waals surface area contributed by atoms with Crippen LogP contribution in [0, 0.1) is 0 Å². The molecule has 136 valence electrons. The number of nitrogens with one attached hydrogen (secondary N) is 1. The van der Waals surface area contributed by atoms with Crippen LogP contribution in [0.3, 0.4) is 0 Å². The van der Waals surface area contributed by atoms with E-state index in [9.17, 15) is 4.79 Å². The Morgan fingerprint density at radius 2 is 1.93 bits per heavy atom. The van der Waals surface area contributed by atoms with Crippen molar-refractivity contribution in [3.63, 3.8) is 0 Å². The minimum absolute atomic E-state index is 0.0887. The highest BCUT2D eigenvalue weighted by Gasteiger charge is 2.08. The predicted molar refractivity (Wildman–Crippen MR) is 106 cm³/mol. The van der Waals surface area contributed by atoms with Gasteiger partial charge < -0.3 is 10.1 Å². The number of nitrogens with zero attached hydrogens (tertiary/aromatic N) is 4. The maximum absolute atomic E-state index is 12.5. The summed E-state index contributed by atoms with van der Waals surface area (Å²) in [6, 6.07) is 15.0. The van der Waals surface area contributed by atoms with Crippen molar-refractivity contribution in [1.29, 1.82) is 0 Å². The molecule has 4 rings (SSSR count). The van der Waals surface area contributed by atoms with Crippen LogP contribution in [0.25, 0.3) is 10.8 Å². The van der Waals surface area contributed by atoms with E-state index in [1.54, 1.807) is 13.3 Å². The summed E-state index contributed by atoms with van der Waals surface area (Å²) in [4.78, 5) is 12.5. The van der Waals surface area contributed by atoms with Crippen molar-refractivity contribution in [1.82, 2.24) is 20.0 Å². The Balaban J connectivity index is 1.43. The number of aromatic nitrogens is 4. The molecule has 0 atom stereocenters. The fourth-order valence-corrected chi connectivity index (χ4v) is 3.44. The largest absolute Gasteiger partial charge is 0.497 e. The Kier molecular flexibility index (Phi) is 4.80. The van der Waals surface area contributed by atoms with Gasteiger partial charge in [-0.05, 0) is 30.3 Å². The lowest BCUT2D eigenvalue weighted by Gasteiger charge is -2.04. The first kappa shape index (κ1) is 17.2. The molecule has 0 aliphatic heterocycles. The Hall–Kier alpha value is -3.26. The fourth-order valence-electron chi connectivity index (χ4n) is 2.69. The van der Waals surface area contributed by atoms with Crippen molar-refractivity contribution in [2.24, 2.45) is 0 Å². The van der Waals surface area contributed by atoms with Gasteiger partial charge in [0, 0.05) is 17.5 Å². The van der Waals surface area contributed by atoms with Gasteiger partial charge in [0.15, 0.2) is 0 Å². The first-order valence-corrected chi connectivity index (χ1v) is 9.23. The molecule has 8 heteroatoms. The van der Waals surface area contributed by atoms with Crippen LogP contribution >= 0.6 is 11.3 Å². The summed E-state index contributed by atoms with van der Waals surface area (Å²) in [6.07, 6.45) is 2.31. The average molecular weight is 379 g/mol. The van der Waals surface area contributed by atoms with E-state index in [1.807, 2.05) is 48.5 Å². The van der Waals surface area contributed by atoms with Crippen LogP contribution in [0.2, 0.25) is 0 Å². The fraction of sp³-hybridized carbons (Fsp3) is 0.158. The van der Waals surface area contributed by atoms with E-state index in [0.717, 1.165) is 21.8 Å². The maximum atomic E-state index is 12.5. The lowest BCUT2D eigenvalue weighted by Crippen LogP contribution is -2.23. The minimum Gasteiger partial charge on any atom is -0.497 e. The van der Waals surface area contributed by atoms with Crippen LogP contribution in [-0.2, 0) is 13.0 Å². The normalized spacial score (nSPS) is 10.9. The number of fused-ring (bicyclic) bond motifs is 1. The molecule has 4 aromatic rings. The molecule has 0 aliphatic rings. The lowest BCUT2D eigenvalue weighted by atomic mass is 10.2. The topological polar surface area (TPSA) is 81.9 Å². The van der Waals surface area contributed by atoms with Crippen LogP contribution in [0.15, 0.2) is 59.5 Å². The average Bonchev–Trinajstić information content (AvgIpc) is 3.15. The van der Waals surface area contributed by atoms with Crippen molar-refractivity contribution in [2.45, 2.75) is 13.0 Å². The van der Waals surface area contributed by atoms with E-state index in [0.29, 0.717) is 23.5 Å². The number of methoxy groups -OCH3 is 1. The molecule has 0 bridgehead atoms. The SMILES string of the molecule is COc1ccc(Nc2nnc(CCn3ncc4ccccc4c3=O)s2)cc1. The summed E-state index contributed by atoms with van der Waals surface area (Å²) < 4.78 is 6.62. The third-order valence-corrected chi connectivity index (χ3v) is 5.01. The quantitative estimate of drug-likeness (QED) is 0.554. The van der Waals surface area contributed by atoms with Gasteiger partial charge in [0.05, 0.1) is 25.2 Å². The summed E-state index contributed by atoms with van der Waals surface area (Å²) in [5.41, 5.74) is 0.820. The Bertz CT molecular complexity index is 1120. The van der Waals surface area contributed by atoms with Crippen LogP contribution in [0.5, 0.6) is 5.75 Å². The van der Waals surface area contributed by atoms with E-state index in [1.165, 1.54) is 16.0 Å². The van der Waals surface area contributed by atoms with E-state index in [4.69, 9.17) is 4.74 Å². The standard InChI is InChI=1S/C19H17N5O2S/c1-26-15-8-6-14(7-9-15)21-19-23-22-17(27-19)10-11-24-18(25)16-5-3-2-4-13(16)12-20-24/h2-9,12H,10-11H2,1H3,(H,21,23). The van der Waals surface area contributed by atoms with Crippen LogP contribution in [-0.4, -0.2) is 27.1 Å². The molecule has 0 saturated heterocycles. The third kappa shape index (κ3) is 3.80. The highest BCUT2D eigenvalue weighted by atomic mass is 32.1. The van der Waals surface area contributed by atoms with Gasteiger partial charge in [-0.3, -0.25) is 4.79 Å². The highest BCUT2D eigenvalue weighted by Crippen LogP contribution is 2.23. The molecule has 27 heavy (non-hydrogen) atoms. The zero-order valence-corrected chi connectivity index (χ0v) is 15.4. The zero-order chi connectivity index (χ0) is 18.6. The van der Waals surface area contributed by atoms with Gasteiger partial charge in [-0.2, -0.15) is 5.10 Å². The van der Waals surface area contributed by atoms with Crippen molar-refractivity contribution in [2.75, 3.05) is 12.4 Å². The molecule has 0 radical (unpaired) electrons. The summed E-state index contributed by atoms with van der Waals surface area (Å²) in [5, 5.41) is 18.9. The Morgan fingerprint density at radius 3 is 2.74 bits per heavy atom. The van der Waals surface area contributed by atoms with E-state index < -0.39 is 0 Å². The van der Waals surface area contributed by atoms with Crippen molar-refractivity contribution in [3.8, 4) is 5.75 Å². The Morgan fingerprint density at radius 1 is 1.11 bits per heavy atom. The lowest BCUT2D eigenvalue weighted by molar-refractivity contribution is 0.415. The zero-order valence-electron chi connectivity index (χ0n) is 14.6. The summed E-state index contributed by atoms with van der Waals surface area (Å²) >= 11 is 1.46. The van der Waals surface area contributed by atoms with Crippen molar-refractivity contribution >= 4 is 32.9 Å². The predicted octanol–water partition coefficient (Wildman–Crippen LogP) is 3.24. The number of anilines is 2. The van der Waals surface area contributed by atoms with Gasteiger partial charge in [0.2, 0.25) is 5.13 Å². The molecule has 2 heterocycles. The summed E-state index contributed by atoms with van der Waals surface area (Å²) in [6.45, 7) is 0.459. The highest BCUT2D eigenvalue weighted by molar-refractivity contribution is 7.15.